The predicted molar refractivity (Wildman–Crippen MR) is 110 cm³/mol. The smallest absolute Gasteiger partial charge is 0.257 e. The van der Waals surface area contributed by atoms with E-state index >= 15 is 0 Å². The first kappa shape index (κ1) is 18.6. The van der Waals surface area contributed by atoms with Gasteiger partial charge >= 0.3 is 0 Å². The Morgan fingerprint density at radius 3 is 2.67 bits per heavy atom. The van der Waals surface area contributed by atoms with Crippen molar-refractivity contribution in [3.05, 3.63) is 47.9 Å². The van der Waals surface area contributed by atoms with Gasteiger partial charge in [-0.3, -0.25) is 4.79 Å². The lowest BCUT2D eigenvalue weighted by atomic mass is 10.1. The summed E-state index contributed by atoms with van der Waals surface area (Å²) in [6.07, 6.45) is 7.79. The molecule has 30 heavy (non-hydrogen) atoms. The second kappa shape index (κ2) is 7.78. The van der Waals surface area contributed by atoms with Crippen LogP contribution in [0, 0.1) is 6.92 Å². The Balaban J connectivity index is 1.44. The number of ether oxygens (including phenoxy) is 2. The van der Waals surface area contributed by atoms with Crippen molar-refractivity contribution in [2.45, 2.75) is 32.6 Å². The second-order valence-electron chi connectivity index (χ2n) is 7.57. The maximum atomic E-state index is 13.0. The molecule has 0 radical (unpaired) electrons. The molecular formula is C22H23N5O3. The van der Waals surface area contributed by atoms with Crippen LogP contribution >= 0.6 is 0 Å². The van der Waals surface area contributed by atoms with Crippen LogP contribution in [0.1, 0.15) is 41.7 Å². The lowest BCUT2D eigenvalue weighted by Gasteiger charge is -2.19. The van der Waals surface area contributed by atoms with Crippen molar-refractivity contribution in [2.75, 3.05) is 19.9 Å². The third-order valence-electron chi connectivity index (χ3n) is 5.63. The normalized spacial score (nSPS) is 15.8. The van der Waals surface area contributed by atoms with E-state index in [-0.39, 0.29) is 12.7 Å². The Bertz CT molecular complexity index is 1090. The molecule has 8 heteroatoms. The molecule has 0 bridgehead atoms. The van der Waals surface area contributed by atoms with Gasteiger partial charge < -0.3 is 14.4 Å². The molecule has 3 aromatic rings. The van der Waals surface area contributed by atoms with Crippen molar-refractivity contribution in [1.29, 1.82) is 0 Å². The quantitative estimate of drug-likeness (QED) is 0.664. The molecule has 2 aromatic heterocycles. The van der Waals surface area contributed by atoms with E-state index in [1.54, 1.807) is 17.1 Å². The maximum absolute atomic E-state index is 13.0. The van der Waals surface area contributed by atoms with Gasteiger partial charge in [-0.1, -0.05) is 12.8 Å². The Morgan fingerprint density at radius 2 is 1.83 bits per heavy atom. The Kier molecular flexibility index (Phi) is 4.82. The van der Waals surface area contributed by atoms with Crippen molar-refractivity contribution in [1.82, 2.24) is 24.6 Å². The zero-order valence-electron chi connectivity index (χ0n) is 16.9. The highest BCUT2D eigenvalue weighted by Crippen LogP contribution is 2.35. The summed E-state index contributed by atoms with van der Waals surface area (Å²) in [6, 6.07) is 7.54. The van der Waals surface area contributed by atoms with Crippen LogP contribution in [-0.2, 0) is 0 Å². The first-order chi connectivity index (χ1) is 14.7. The predicted octanol–water partition coefficient (Wildman–Crippen LogP) is 3.38. The number of carbonyl (C=O) groups is 1. The van der Waals surface area contributed by atoms with Gasteiger partial charge in [-0.05, 0) is 44.0 Å². The molecule has 0 aliphatic carbocycles. The standard InChI is InChI=1S/C22H23N5O3/c1-15-17(21(28)26-10-4-2-3-5-11-26)13-24-27(15)22-23-9-8-18(25-22)16-6-7-19-20(12-16)30-14-29-19/h6-9,12-13H,2-5,10-11,14H2,1H3. The highest BCUT2D eigenvalue weighted by Gasteiger charge is 2.23. The maximum Gasteiger partial charge on any atom is 0.257 e. The monoisotopic (exact) mass is 405 g/mol. The van der Waals surface area contributed by atoms with Crippen LogP contribution in [0.5, 0.6) is 11.5 Å². The largest absolute Gasteiger partial charge is 0.454 e. The second-order valence-corrected chi connectivity index (χ2v) is 7.57. The molecule has 1 saturated heterocycles. The molecule has 0 spiro atoms. The molecule has 0 saturated carbocycles. The first-order valence-electron chi connectivity index (χ1n) is 10.3. The summed E-state index contributed by atoms with van der Waals surface area (Å²) in [7, 11) is 0. The molecule has 4 heterocycles. The molecule has 154 valence electrons. The summed E-state index contributed by atoms with van der Waals surface area (Å²) in [5.41, 5.74) is 2.99. The Hall–Kier alpha value is -3.42. The van der Waals surface area contributed by atoms with Crippen LogP contribution in [0.3, 0.4) is 0 Å². The molecule has 0 atom stereocenters. The number of amides is 1. The van der Waals surface area contributed by atoms with E-state index in [0.29, 0.717) is 17.3 Å². The molecule has 1 fully saturated rings. The van der Waals surface area contributed by atoms with E-state index in [2.05, 4.69) is 15.1 Å². The zero-order chi connectivity index (χ0) is 20.5. The van der Waals surface area contributed by atoms with Crippen LogP contribution < -0.4 is 9.47 Å². The average Bonchev–Trinajstić information content (AvgIpc) is 3.30. The fraction of sp³-hybridized carbons (Fsp3) is 0.364. The number of aromatic nitrogens is 4. The molecule has 2 aliphatic rings. The van der Waals surface area contributed by atoms with Crippen LogP contribution in [0.25, 0.3) is 17.2 Å². The summed E-state index contributed by atoms with van der Waals surface area (Å²) in [6.45, 7) is 3.72. The number of rotatable bonds is 3. The minimum absolute atomic E-state index is 0.0348. The topological polar surface area (TPSA) is 82.4 Å². The van der Waals surface area contributed by atoms with Gasteiger partial charge in [0.05, 0.1) is 23.1 Å². The first-order valence-corrected chi connectivity index (χ1v) is 10.3. The molecule has 2 aliphatic heterocycles. The van der Waals surface area contributed by atoms with Crippen molar-refractivity contribution in [2.24, 2.45) is 0 Å². The lowest BCUT2D eigenvalue weighted by molar-refractivity contribution is 0.0761. The van der Waals surface area contributed by atoms with E-state index in [1.165, 1.54) is 12.8 Å². The number of fused-ring (bicyclic) bond motifs is 1. The van der Waals surface area contributed by atoms with Crippen molar-refractivity contribution in [3.8, 4) is 28.7 Å². The zero-order valence-corrected chi connectivity index (χ0v) is 16.9. The molecule has 1 aromatic carbocycles. The van der Waals surface area contributed by atoms with E-state index in [0.717, 1.165) is 48.6 Å². The minimum Gasteiger partial charge on any atom is -0.454 e. The SMILES string of the molecule is Cc1c(C(=O)N2CCCCCC2)cnn1-c1nccc(-c2ccc3c(c2)OCO3)n1. The van der Waals surface area contributed by atoms with Crippen LogP contribution in [0.2, 0.25) is 0 Å². The number of benzene rings is 1. The van der Waals surface area contributed by atoms with Crippen LogP contribution in [-0.4, -0.2) is 50.4 Å². The van der Waals surface area contributed by atoms with Crippen molar-refractivity contribution < 1.29 is 14.3 Å². The summed E-state index contributed by atoms with van der Waals surface area (Å²) < 4.78 is 12.5. The molecular weight excluding hydrogens is 382 g/mol. The van der Waals surface area contributed by atoms with Gasteiger partial charge in [0.25, 0.3) is 11.9 Å². The van der Waals surface area contributed by atoms with Crippen molar-refractivity contribution >= 4 is 5.91 Å². The number of hydrogen-bond acceptors (Lipinski definition) is 6. The summed E-state index contributed by atoms with van der Waals surface area (Å²) in [4.78, 5) is 24.0. The fourth-order valence-electron chi connectivity index (χ4n) is 3.93. The molecule has 0 N–H and O–H groups in total. The Labute approximate surface area is 174 Å². The molecule has 8 nitrogen and oxygen atoms in total. The fourth-order valence-corrected chi connectivity index (χ4v) is 3.93. The van der Waals surface area contributed by atoms with E-state index in [1.807, 2.05) is 36.1 Å². The van der Waals surface area contributed by atoms with E-state index in [4.69, 9.17) is 9.47 Å². The van der Waals surface area contributed by atoms with Gasteiger partial charge in [0.2, 0.25) is 6.79 Å². The number of carbonyl (C=O) groups excluding carboxylic acids is 1. The highest BCUT2D eigenvalue weighted by molar-refractivity contribution is 5.95. The average molecular weight is 405 g/mol. The van der Waals surface area contributed by atoms with Gasteiger partial charge in [0, 0.05) is 24.8 Å². The van der Waals surface area contributed by atoms with Gasteiger partial charge in [0.15, 0.2) is 11.5 Å². The van der Waals surface area contributed by atoms with Gasteiger partial charge in [0.1, 0.15) is 0 Å². The molecule has 5 rings (SSSR count). The number of hydrogen-bond donors (Lipinski definition) is 0. The van der Waals surface area contributed by atoms with Crippen LogP contribution in [0.15, 0.2) is 36.7 Å². The van der Waals surface area contributed by atoms with Gasteiger partial charge in [-0.25, -0.2) is 14.6 Å². The van der Waals surface area contributed by atoms with E-state index in [9.17, 15) is 4.79 Å². The van der Waals surface area contributed by atoms with Gasteiger partial charge in [-0.2, -0.15) is 5.10 Å². The number of nitrogens with zero attached hydrogens (tertiary/aromatic N) is 5. The molecule has 0 unspecified atom stereocenters. The molecule has 1 amide bonds. The van der Waals surface area contributed by atoms with Gasteiger partial charge in [-0.15, -0.1) is 0 Å². The highest BCUT2D eigenvalue weighted by atomic mass is 16.7. The Morgan fingerprint density at radius 1 is 1.03 bits per heavy atom. The summed E-state index contributed by atoms with van der Waals surface area (Å²) in [5.74, 6) is 1.89. The lowest BCUT2D eigenvalue weighted by Crippen LogP contribution is -2.32. The summed E-state index contributed by atoms with van der Waals surface area (Å²) >= 11 is 0. The third kappa shape index (κ3) is 3.38. The number of likely N-dealkylation sites (tertiary alicyclic amines) is 1. The third-order valence-corrected chi connectivity index (χ3v) is 5.63. The van der Waals surface area contributed by atoms with Crippen molar-refractivity contribution in [3.63, 3.8) is 0 Å². The minimum atomic E-state index is 0.0348. The summed E-state index contributed by atoms with van der Waals surface area (Å²) in [5, 5.41) is 4.42. The van der Waals surface area contributed by atoms with Crippen LogP contribution in [0.4, 0.5) is 0 Å². The van der Waals surface area contributed by atoms with E-state index < -0.39 is 0 Å².